The number of hydrogen-bond acceptors (Lipinski definition) is 2. The number of rotatable bonds is 3. The Bertz CT molecular complexity index is 302. The summed E-state index contributed by atoms with van der Waals surface area (Å²) in [6.07, 6.45) is 0. The topological polar surface area (TPSA) is 18.5 Å². The lowest BCUT2D eigenvalue weighted by Crippen LogP contribution is -2.01. The minimum Gasteiger partial charge on any atom is -0.464 e. The number of aryl methyl sites for hydroxylation is 1. The summed E-state index contributed by atoms with van der Waals surface area (Å²) in [5.74, 6) is -0.198. The monoisotopic (exact) mass is 248 g/mol. The van der Waals surface area contributed by atoms with Crippen LogP contribution in [0.4, 0.5) is 4.39 Å². The fraction of sp³-hybridized carbons (Fsp3) is 0.333. The molecule has 72 valence electrons. The average Bonchev–Trinajstić information content (AvgIpc) is 2.09. The first-order chi connectivity index (χ1) is 6.15. The van der Waals surface area contributed by atoms with E-state index in [0.29, 0.717) is 4.47 Å². The lowest BCUT2D eigenvalue weighted by molar-refractivity contribution is 0.0481. The van der Waals surface area contributed by atoms with Crippen LogP contribution in [0.2, 0.25) is 0 Å². The Morgan fingerprint density at radius 3 is 2.77 bits per heavy atom. The van der Waals surface area contributed by atoms with Crippen molar-refractivity contribution >= 4 is 15.9 Å². The van der Waals surface area contributed by atoms with Gasteiger partial charge in [0.25, 0.3) is 0 Å². The van der Waals surface area contributed by atoms with Gasteiger partial charge in [-0.2, -0.15) is 0 Å². The molecule has 0 fully saturated rings. The number of benzene rings is 1. The van der Waals surface area contributed by atoms with Crippen molar-refractivity contribution in [3.05, 3.63) is 28.0 Å². The van der Waals surface area contributed by atoms with Crippen LogP contribution in [-0.4, -0.2) is 13.9 Å². The predicted octanol–water partition coefficient (Wildman–Crippen LogP) is 2.88. The Labute approximate surface area is 84.8 Å². The molecule has 0 bridgehead atoms. The van der Waals surface area contributed by atoms with E-state index >= 15 is 0 Å². The zero-order valence-electron chi connectivity index (χ0n) is 7.43. The highest BCUT2D eigenvalue weighted by atomic mass is 79.9. The molecular formula is C9H10BrFO2. The van der Waals surface area contributed by atoms with Gasteiger partial charge in [0.2, 0.25) is 0 Å². The van der Waals surface area contributed by atoms with Gasteiger partial charge in [0.05, 0.1) is 4.47 Å². The van der Waals surface area contributed by atoms with Gasteiger partial charge in [-0.15, -0.1) is 0 Å². The van der Waals surface area contributed by atoms with Crippen molar-refractivity contribution in [3.63, 3.8) is 0 Å². The zero-order chi connectivity index (χ0) is 9.84. The van der Waals surface area contributed by atoms with Crippen LogP contribution >= 0.6 is 15.9 Å². The van der Waals surface area contributed by atoms with E-state index in [1.54, 1.807) is 12.1 Å². The number of ether oxygens (including phenoxy) is 2. The minimum absolute atomic E-state index is 0.0484. The molecule has 4 heteroatoms. The third-order valence-corrected chi connectivity index (χ3v) is 2.05. The third-order valence-electron chi connectivity index (χ3n) is 1.47. The quantitative estimate of drug-likeness (QED) is 0.767. The summed E-state index contributed by atoms with van der Waals surface area (Å²) >= 11 is 3.09. The predicted molar refractivity (Wildman–Crippen MR) is 51.3 cm³/mol. The number of methoxy groups -OCH3 is 1. The molecule has 2 nitrogen and oxygen atoms in total. The van der Waals surface area contributed by atoms with Gasteiger partial charge in [-0.05, 0) is 40.5 Å². The van der Waals surface area contributed by atoms with Crippen molar-refractivity contribution in [3.8, 4) is 5.75 Å². The van der Waals surface area contributed by atoms with E-state index < -0.39 is 5.82 Å². The van der Waals surface area contributed by atoms with Gasteiger partial charge in [-0.3, -0.25) is 0 Å². The Kier molecular flexibility index (Phi) is 3.69. The molecule has 1 aromatic rings. The molecule has 0 saturated heterocycles. The molecule has 0 aliphatic rings. The summed E-state index contributed by atoms with van der Waals surface area (Å²) in [7, 11) is 1.49. The molecule has 0 aromatic heterocycles. The van der Waals surface area contributed by atoms with Crippen LogP contribution in [0.25, 0.3) is 0 Å². The fourth-order valence-electron chi connectivity index (χ4n) is 0.920. The molecule has 0 amide bonds. The Morgan fingerprint density at radius 1 is 1.46 bits per heavy atom. The molecule has 1 rings (SSSR count). The molecule has 0 spiro atoms. The van der Waals surface area contributed by atoms with Gasteiger partial charge in [0, 0.05) is 7.11 Å². The third kappa shape index (κ3) is 2.67. The lowest BCUT2D eigenvalue weighted by Gasteiger charge is -2.07. The normalized spacial score (nSPS) is 10.2. The van der Waals surface area contributed by atoms with E-state index in [1.165, 1.54) is 7.11 Å². The largest absolute Gasteiger partial charge is 0.464 e. The van der Waals surface area contributed by atoms with Gasteiger partial charge in [-0.25, -0.2) is 4.39 Å². The van der Waals surface area contributed by atoms with Crippen LogP contribution in [-0.2, 0) is 4.74 Å². The van der Waals surface area contributed by atoms with E-state index in [0.717, 1.165) is 5.56 Å². The van der Waals surface area contributed by atoms with Gasteiger partial charge >= 0.3 is 0 Å². The van der Waals surface area contributed by atoms with Crippen LogP contribution in [0.15, 0.2) is 16.6 Å². The van der Waals surface area contributed by atoms with Crippen LogP contribution in [0.3, 0.4) is 0 Å². The van der Waals surface area contributed by atoms with Crippen LogP contribution < -0.4 is 4.74 Å². The first kappa shape index (κ1) is 10.5. The maximum atomic E-state index is 13.3. The number of halogens is 2. The van der Waals surface area contributed by atoms with E-state index in [4.69, 9.17) is 4.74 Å². The van der Waals surface area contributed by atoms with Crippen molar-refractivity contribution < 1.29 is 13.9 Å². The number of hydrogen-bond donors (Lipinski definition) is 0. The standard InChI is InChI=1S/C9H10BrFO2/c1-6-3-7(10)9(11)8(4-6)13-5-12-2/h3-4H,5H2,1-2H3. The zero-order valence-corrected chi connectivity index (χ0v) is 9.02. The van der Waals surface area contributed by atoms with Gasteiger partial charge in [0.1, 0.15) is 0 Å². The fourth-order valence-corrected chi connectivity index (χ4v) is 1.48. The SMILES string of the molecule is COCOc1cc(C)cc(Br)c1F. The molecule has 13 heavy (non-hydrogen) atoms. The van der Waals surface area contributed by atoms with Crippen molar-refractivity contribution in [1.29, 1.82) is 0 Å². The lowest BCUT2D eigenvalue weighted by atomic mass is 10.2. The summed E-state index contributed by atoms with van der Waals surface area (Å²) in [4.78, 5) is 0. The highest BCUT2D eigenvalue weighted by Crippen LogP contribution is 2.26. The Balaban J connectivity index is 2.92. The van der Waals surface area contributed by atoms with Gasteiger partial charge in [0.15, 0.2) is 18.4 Å². The molecule has 0 aliphatic carbocycles. The molecule has 0 atom stereocenters. The van der Waals surface area contributed by atoms with Crippen LogP contribution in [0, 0.1) is 12.7 Å². The second-order valence-corrected chi connectivity index (χ2v) is 3.46. The Hall–Kier alpha value is -0.610. The summed E-state index contributed by atoms with van der Waals surface area (Å²) in [5, 5.41) is 0. The maximum Gasteiger partial charge on any atom is 0.188 e. The van der Waals surface area contributed by atoms with Crippen LogP contribution in [0.1, 0.15) is 5.56 Å². The van der Waals surface area contributed by atoms with Crippen molar-refractivity contribution in [2.24, 2.45) is 0 Å². The van der Waals surface area contributed by atoms with Crippen molar-refractivity contribution in [2.45, 2.75) is 6.92 Å². The highest BCUT2D eigenvalue weighted by molar-refractivity contribution is 9.10. The highest BCUT2D eigenvalue weighted by Gasteiger charge is 2.08. The molecule has 0 N–H and O–H groups in total. The summed E-state index contributed by atoms with van der Waals surface area (Å²) in [5.41, 5.74) is 0.930. The second kappa shape index (κ2) is 4.58. The first-order valence-electron chi connectivity index (χ1n) is 3.72. The van der Waals surface area contributed by atoms with Gasteiger partial charge < -0.3 is 9.47 Å². The average molecular weight is 249 g/mol. The minimum atomic E-state index is -0.400. The summed E-state index contributed by atoms with van der Waals surface area (Å²) in [6.45, 7) is 1.91. The molecule has 0 heterocycles. The molecule has 0 aliphatic heterocycles. The van der Waals surface area contributed by atoms with E-state index in [9.17, 15) is 4.39 Å². The smallest absolute Gasteiger partial charge is 0.188 e. The second-order valence-electron chi connectivity index (χ2n) is 2.61. The van der Waals surface area contributed by atoms with E-state index in [-0.39, 0.29) is 12.5 Å². The summed E-state index contributed by atoms with van der Waals surface area (Å²) in [6, 6.07) is 3.31. The molecule has 1 aromatic carbocycles. The van der Waals surface area contributed by atoms with E-state index in [1.807, 2.05) is 6.92 Å². The molecule has 0 saturated carbocycles. The molecular weight excluding hydrogens is 239 g/mol. The Morgan fingerprint density at radius 2 is 2.15 bits per heavy atom. The van der Waals surface area contributed by atoms with Crippen molar-refractivity contribution in [2.75, 3.05) is 13.9 Å². The molecule has 0 unspecified atom stereocenters. The van der Waals surface area contributed by atoms with Gasteiger partial charge in [-0.1, -0.05) is 0 Å². The van der Waals surface area contributed by atoms with E-state index in [2.05, 4.69) is 20.7 Å². The molecule has 0 radical (unpaired) electrons. The first-order valence-corrected chi connectivity index (χ1v) is 4.52. The summed E-state index contributed by atoms with van der Waals surface area (Å²) < 4.78 is 23.4. The maximum absolute atomic E-state index is 13.3. The van der Waals surface area contributed by atoms with Crippen LogP contribution in [0.5, 0.6) is 5.75 Å². The van der Waals surface area contributed by atoms with Crippen molar-refractivity contribution in [1.82, 2.24) is 0 Å².